The zero-order valence-electron chi connectivity index (χ0n) is 15.7. The van der Waals surface area contributed by atoms with Gasteiger partial charge in [-0.2, -0.15) is 0 Å². The highest BCUT2D eigenvalue weighted by atomic mass is 127. The monoisotopic (exact) mass is 463 g/mol. The minimum absolute atomic E-state index is 0. The quantitative estimate of drug-likeness (QED) is 0.282. The summed E-state index contributed by atoms with van der Waals surface area (Å²) in [6.07, 6.45) is 7.10. The summed E-state index contributed by atoms with van der Waals surface area (Å²) in [7, 11) is 3.53. The van der Waals surface area contributed by atoms with Gasteiger partial charge in [-0.05, 0) is 38.3 Å². The molecule has 25 heavy (non-hydrogen) atoms. The Morgan fingerprint density at radius 2 is 2.00 bits per heavy atom. The third-order valence-electron chi connectivity index (χ3n) is 4.82. The lowest BCUT2D eigenvalue weighted by Crippen LogP contribution is -2.42. The molecule has 1 N–H and O–H groups in total. The SMILES string of the molecule is C=CCNC(=NCC(=O)N(C)C)N1CCC(CN2CCCCC2)C1.I. The number of guanidine groups is 1. The van der Waals surface area contributed by atoms with E-state index in [1.807, 2.05) is 6.08 Å². The molecule has 0 aromatic rings. The van der Waals surface area contributed by atoms with Gasteiger partial charge >= 0.3 is 0 Å². The molecule has 0 aliphatic carbocycles. The summed E-state index contributed by atoms with van der Waals surface area (Å²) in [5, 5.41) is 3.30. The second kappa shape index (κ2) is 11.7. The molecule has 1 amide bonds. The molecule has 2 heterocycles. The first-order chi connectivity index (χ1) is 11.6. The lowest BCUT2D eigenvalue weighted by atomic mass is 10.1. The molecule has 2 rings (SSSR count). The molecule has 1 atom stereocenters. The number of carbonyl (C=O) groups excluding carboxylic acids is 1. The van der Waals surface area contributed by atoms with Crippen molar-refractivity contribution in [3.05, 3.63) is 12.7 Å². The Bertz CT molecular complexity index is 449. The van der Waals surface area contributed by atoms with E-state index in [0.29, 0.717) is 12.5 Å². The van der Waals surface area contributed by atoms with E-state index in [9.17, 15) is 4.79 Å². The van der Waals surface area contributed by atoms with Gasteiger partial charge in [0.2, 0.25) is 5.91 Å². The van der Waals surface area contributed by atoms with Gasteiger partial charge in [-0.1, -0.05) is 12.5 Å². The zero-order chi connectivity index (χ0) is 17.4. The summed E-state index contributed by atoms with van der Waals surface area (Å²) in [5.74, 6) is 1.56. The number of aliphatic imine (C=N–C) groups is 1. The van der Waals surface area contributed by atoms with Crippen LogP contribution in [0.3, 0.4) is 0 Å². The number of likely N-dealkylation sites (tertiary alicyclic amines) is 2. The van der Waals surface area contributed by atoms with E-state index in [4.69, 9.17) is 0 Å². The Morgan fingerprint density at radius 1 is 1.28 bits per heavy atom. The molecule has 7 heteroatoms. The molecule has 2 fully saturated rings. The molecule has 6 nitrogen and oxygen atoms in total. The van der Waals surface area contributed by atoms with Crippen molar-refractivity contribution < 1.29 is 4.79 Å². The van der Waals surface area contributed by atoms with Gasteiger partial charge in [0.25, 0.3) is 0 Å². The Kier molecular flexibility index (Phi) is 10.4. The van der Waals surface area contributed by atoms with E-state index in [1.165, 1.54) is 45.3 Å². The lowest BCUT2D eigenvalue weighted by molar-refractivity contribution is -0.127. The number of halogens is 1. The van der Waals surface area contributed by atoms with Crippen molar-refractivity contribution >= 4 is 35.8 Å². The average molecular weight is 463 g/mol. The highest BCUT2D eigenvalue weighted by Gasteiger charge is 2.27. The normalized spacial score (nSPS) is 21.6. The van der Waals surface area contributed by atoms with Crippen LogP contribution in [0.4, 0.5) is 0 Å². The number of nitrogens with zero attached hydrogens (tertiary/aromatic N) is 4. The maximum absolute atomic E-state index is 11.8. The minimum atomic E-state index is 0. The number of nitrogens with one attached hydrogen (secondary N) is 1. The highest BCUT2D eigenvalue weighted by molar-refractivity contribution is 14.0. The lowest BCUT2D eigenvalue weighted by Gasteiger charge is -2.29. The van der Waals surface area contributed by atoms with E-state index < -0.39 is 0 Å². The second-order valence-corrected chi connectivity index (χ2v) is 7.06. The molecule has 0 aromatic heterocycles. The van der Waals surface area contributed by atoms with Crippen molar-refractivity contribution in [2.45, 2.75) is 25.7 Å². The van der Waals surface area contributed by atoms with E-state index >= 15 is 0 Å². The predicted octanol–water partition coefficient (Wildman–Crippen LogP) is 1.63. The molecule has 0 spiro atoms. The first-order valence-corrected chi connectivity index (χ1v) is 9.17. The van der Waals surface area contributed by atoms with Crippen LogP contribution in [-0.4, -0.2) is 86.5 Å². The van der Waals surface area contributed by atoms with Gasteiger partial charge in [0.1, 0.15) is 6.54 Å². The maximum atomic E-state index is 11.8. The van der Waals surface area contributed by atoms with Gasteiger partial charge in [0.15, 0.2) is 5.96 Å². The Hall–Kier alpha value is -0.830. The number of rotatable bonds is 6. The largest absolute Gasteiger partial charge is 0.353 e. The van der Waals surface area contributed by atoms with E-state index in [0.717, 1.165) is 19.0 Å². The Labute approximate surface area is 169 Å². The van der Waals surface area contributed by atoms with Gasteiger partial charge in [-0.15, -0.1) is 30.6 Å². The fourth-order valence-corrected chi connectivity index (χ4v) is 3.40. The summed E-state index contributed by atoms with van der Waals surface area (Å²) < 4.78 is 0. The van der Waals surface area contributed by atoms with Gasteiger partial charge in [0, 0.05) is 40.3 Å². The first kappa shape index (κ1) is 22.2. The van der Waals surface area contributed by atoms with Crippen LogP contribution in [0.15, 0.2) is 17.6 Å². The van der Waals surface area contributed by atoms with Crippen LogP contribution in [-0.2, 0) is 4.79 Å². The van der Waals surface area contributed by atoms with E-state index in [1.54, 1.807) is 19.0 Å². The Balaban J connectivity index is 0.00000312. The standard InChI is InChI=1S/C18H33N5O.HI/c1-4-9-19-18(20-13-17(24)21(2)3)23-12-8-16(15-23)14-22-10-6-5-7-11-22;/h4,16H,1,5-15H2,2-3H3,(H,19,20);1H. The van der Waals surface area contributed by atoms with Gasteiger partial charge in [0.05, 0.1) is 0 Å². The molecular formula is C18H34IN5O. The molecule has 0 bridgehead atoms. The number of amides is 1. The minimum Gasteiger partial charge on any atom is -0.353 e. The van der Waals surface area contributed by atoms with Crippen molar-refractivity contribution in [1.82, 2.24) is 20.0 Å². The average Bonchev–Trinajstić information content (AvgIpc) is 3.03. The number of likely N-dealkylation sites (N-methyl/N-ethyl adjacent to an activating group) is 1. The molecule has 2 aliphatic rings. The molecule has 1 unspecified atom stereocenters. The van der Waals surface area contributed by atoms with Crippen molar-refractivity contribution in [3.8, 4) is 0 Å². The van der Waals surface area contributed by atoms with Crippen molar-refractivity contribution in [3.63, 3.8) is 0 Å². The van der Waals surface area contributed by atoms with Gasteiger partial charge in [-0.25, -0.2) is 4.99 Å². The number of piperidine rings is 1. The van der Waals surface area contributed by atoms with Crippen molar-refractivity contribution in [2.75, 3.05) is 59.9 Å². The van der Waals surface area contributed by atoms with Crippen LogP contribution >= 0.6 is 24.0 Å². The van der Waals surface area contributed by atoms with Crippen LogP contribution in [0.25, 0.3) is 0 Å². The number of carbonyl (C=O) groups is 1. The first-order valence-electron chi connectivity index (χ1n) is 9.17. The summed E-state index contributed by atoms with van der Waals surface area (Å²) in [6, 6.07) is 0. The van der Waals surface area contributed by atoms with E-state index in [2.05, 4.69) is 26.7 Å². The van der Waals surface area contributed by atoms with Crippen molar-refractivity contribution in [2.24, 2.45) is 10.9 Å². The molecule has 0 radical (unpaired) electrons. The van der Waals surface area contributed by atoms with Gasteiger partial charge < -0.3 is 20.0 Å². The summed E-state index contributed by atoms with van der Waals surface area (Å²) in [5.41, 5.74) is 0. The van der Waals surface area contributed by atoms with Gasteiger partial charge in [-0.3, -0.25) is 4.79 Å². The third kappa shape index (κ3) is 7.52. The maximum Gasteiger partial charge on any atom is 0.243 e. The van der Waals surface area contributed by atoms with Crippen LogP contribution in [0.1, 0.15) is 25.7 Å². The molecule has 2 aliphatic heterocycles. The van der Waals surface area contributed by atoms with Crippen LogP contribution in [0.2, 0.25) is 0 Å². The molecule has 144 valence electrons. The smallest absolute Gasteiger partial charge is 0.243 e. The fraction of sp³-hybridized carbons (Fsp3) is 0.778. The second-order valence-electron chi connectivity index (χ2n) is 7.06. The zero-order valence-corrected chi connectivity index (χ0v) is 18.1. The third-order valence-corrected chi connectivity index (χ3v) is 4.82. The molecule has 0 aromatic carbocycles. The predicted molar refractivity (Wildman–Crippen MR) is 115 cm³/mol. The number of hydrogen-bond acceptors (Lipinski definition) is 3. The van der Waals surface area contributed by atoms with Crippen molar-refractivity contribution in [1.29, 1.82) is 0 Å². The van der Waals surface area contributed by atoms with Crippen LogP contribution in [0, 0.1) is 5.92 Å². The van der Waals surface area contributed by atoms with Crippen LogP contribution < -0.4 is 5.32 Å². The molecular weight excluding hydrogens is 429 g/mol. The Morgan fingerprint density at radius 3 is 2.64 bits per heavy atom. The summed E-state index contributed by atoms with van der Waals surface area (Å²) in [4.78, 5) is 22.8. The van der Waals surface area contributed by atoms with Crippen LogP contribution in [0.5, 0.6) is 0 Å². The topological polar surface area (TPSA) is 51.2 Å². The highest BCUT2D eigenvalue weighted by Crippen LogP contribution is 2.19. The molecule has 2 saturated heterocycles. The fourth-order valence-electron chi connectivity index (χ4n) is 3.40. The van der Waals surface area contributed by atoms with E-state index in [-0.39, 0.29) is 36.4 Å². The number of hydrogen-bond donors (Lipinski definition) is 1. The summed E-state index contributed by atoms with van der Waals surface area (Å²) in [6.45, 7) is 10.4. The summed E-state index contributed by atoms with van der Waals surface area (Å²) >= 11 is 0. The molecule has 0 saturated carbocycles.